The van der Waals surface area contributed by atoms with Gasteiger partial charge in [0, 0.05) is 17.6 Å². The molecule has 0 aliphatic heterocycles. The summed E-state index contributed by atoms with van der Waals surface area (Å²) >= 11 is 6.11. The van der Waals surface area contributed by atoms with Gasteiger partial charge in [0.15, 0.2) is 0 Å². The van der Waals surface area contributed by atoms with Crippen molar-refractivity contribution in [1.82, 2.24) is 10.2 Å². The highest BCUT2D eigenvalue weighted by Crippen LogP contribution is 2.39. The summed E-state index contributed by atoms with van der Waals surface area (Å²) in [4.78, 5) is 15.7. The molecule has 34 heavy (non-hydrogen) atoms. The van der Waals surface area contributed by atoms with Gasteiger partial charge in [0.25, 0.3) is 0 Å². The molecular formula is C30H35ClN2O. The van der Waals surface area contributed by atoms with Crippen molar-refractivity contribution in [3.05, 3.63) is 107 Å². The summed E-state index contributed by atoms with van der Waals surface area (Å²) in [5.74, 6) is 0.957. The maximum absolute atomic E-state index is 13.3. The second-order valence-electron chi connectivity index (χ2n) is 9.74. The molecule has 0 heterocycles. The molecule has 1 unspecified atom stereocenters. The van der Waals surface area contributed by atoms with E-state index in [0.29, 0.717) is 17.9 Å². The quantitative estimate of drug-likeness (QED) is 0.394. The van der Waals surface area contributed by atoms with Crippen molar-refractivity contribution >= 4 is 17.5 Å². The second kappa shape index (κ2) is 11.7. The van der Waals surface area contributed by atoms with Crippen LogP contribution in [0.5, 0.6) is 0 Å². The number of halogens is 1. The van der Waals surface area contributed by atoms with Crippen LogP contribution in [-0.2, 0) is 4.79 Å². The molecule has 178 valence electrons. The van der Waals surface area contributed by atoms with E-state index in [0.717, 1.165) is 35.5 Å². The van der Waals surface area contributed by atoms with Gasteiger partial charge in [-0.1, -0.05) is 84.4 Å². The Balaban J connectivity index is 1.36. The number of hydrogen-bond acceptors (Lipinski definition) is 2. The second-order valence-corrected chi connectivity index (χ2v) is 10.2. The van der Waals surface area contributed by atoms with Gasteiger partial charge in [-0.2, -0.15) is 0 Å². The molecular weight excluding hydrogens is 440 g/mol. The van der Waals surface area contributed by atoms with Gasteiger partial charge in [-0.05, 0) is 80.4 Å². The molecule has 0 aromatic heterocycles. The summed E-state index contributed by atoms with van der Waals surface area (Å²) in [6.45, 7) is 0.745. The van der Waals surface area contributed by atoms with E-state index in [2.05, 4.69) is 36.4 Å². The molecule has 4 rings (SSSR count). The predicted octanol–water partition coefficient (Wildman–Crippen LogP) is 6.70. The molecule has 1 fully saturated rings. The number of amides is 1. The zero-order valence-electron chi connectivity index (χ0n) is 20.2. The molecule has 3 aromatic carbocycles. The normalized spacial score (nSPS) is 19.2. The first-order chi connectivity index (χ1) is 16.5. The number of hydrogen-bond donors (Lipinski definition) is 1. The van der Waals surface area contributed by atoms with Crippen LogP contribution in [0.15, 0.2) is 84.9 Å². The minimum absolute atomic E-state index is 0.0897. The molecule has 3 aromatic rings. The molecule has 0 spiro atoms. The van der Waals surface area contributed by atoms with Crippen LogP contribution < -0.4 is 5.32 Å². The lowest BCUT2D eigenvalue weighted by Gasteiger charge is -2.37. The number of nitrogens with zero attached hydrogens (tertiary/aromatic N) is 1. The third-order valence-corrected chi connectivity index (χ3v) is 7.45. The highest BCUT2D eigenvalue weighted by atomic mass is 35.5. The lowest BCUT2D eigenvalue weighted by molar-refractivity contribution is -0.121. The molecule has 1 aliphatic rings. The van der Waals surface area contributed by atoms with Crippen molar-refractivity contribution in [2.24, 2.45) is 11.8 Å². The summed E-state index contributed by atoms with van der Waals surface area (Å²) < 4.78 is 0. The van der Waals surface area contributed by atoms with Gasteiger partial charge in [-0.3, -0.25) is 4.79 Å². The Morgan fingerprint density at radius 2 is 1.35 bits per heavy atom. The van der Waals surface area contributed by atoms with E-state index in [9.17, 15) is 4.79 Å². The summed E-state index contributed by atoms with van der Waals surface area (Å²) in [6.07, 6.45) is 4.63. The van der Waals surface area contributed by atoms with Crippen LogP contribution in [-0.4, -0.2) is 31.4 Å². The predicted molar refractivity (Wildman–Crippen MR) is 141 cm³/mol. The van der Waals surface area contributed by atoms with Gasteiger partial charge < -0.3 is 10.2 Å². The van der Waals surface area contributed by atoms with Crippen LogP contribution in [0.1, 0.15) is 54.3 Å². The first kappa shape index (κ1) is 24.5. The molecule has 1 amide bonds. The minimum atomic E-state index is -0.276. The van der Waals surface area contributed by atoms with E-state index < -0.39 is 0 Å². The molecule has 1 saturated carbocycles. The Morgan fingerprint density at radius 3 is 1.85 bits per heavy atom. The van der Waals surface area contributed by atoms with Gasteiger partial charge in [0.1, 0.15) is 0 Å². The summed E-state index contributed by atoms with van der Waals surface area (Å²) in [5.41, 5.74) is 3.40. The van der Waals surface area contributed by atoms with E-state index in [-0.39, 0.29) is 11.8 Å². The highest BCUT2D eigenvalue weighted by molar-refractivity contribution is 6.30. The first-order valence-electron chi connectivity index (χ1n) is 12.3. The van der Waals surface area contributed by atoms with E-state index >= 15 is 0 Å². The minimum Gasteiger partial charge on any atom is -0.355 e. The fourth-order valence-electron chi connectivity index (χ4n) is 5.49. The van der Waals surface area contributed by atoms with Crippen LogP contribution in [0.25, 0.3) is 0 Å². The van der Waals surface area contributed by atoms with Gasteiger partial charge in [-0.15, -0.1) is 0 Å². The van der Waals surface area contributed by atoms with Crippen molar-refractivity contribution in [2.45, 2.75) is 37.6 Å². The molecule has 1 aliphatic carbocycles. The fourth-order valence-corrected chi connectivity index (χ4v) is 5.62. The van der Waals surface area contributed by atoms with E-state index in [1.165, 1.54) is 18.4 Å². The van der Waals surface area contributed by atoms with Gasteiger partial charge >= 0.3 is 0 Å². The van der Waals surface area contributed by atoms with Gasteiger partial charge in [0.05, 0.1) is 5.92 Å². The highest BCUT2D eigenvalue weighted by Gasteiger charge is 2.31. The average molecular weight is 475 g/mol. The third kappa shape index (κ3) is 6.08. The van der Waals surface area contributed by atoms with Crippen LogP contribution in [0.3, 0.4) is 0 Å². The standard InChI is InChI=1S/C30H35ClN2O/c1-33(2)29(26-17-19-27(31)20-18-26)25-15-13-22(14-16-25)21-32-30(34)28(23-9-5-3-6-10-23)24-11-7-4-8-12-24/h3-12,17-20,22,25,28-29H,13-16,21H2,1-2H3,(H,32,34). The number of carbonyl (C=O) groups is 1. The Labute approximate surface area is 209 Å². The van der Waals surface area contributed by atoms with Crippen LogP contribution in [0, 0.1) is 11.8 Å². The molecule has 3 nitrogen and oxygen atoms in total. The Hall–Kier alpha value is -2.62. The molecule has 4 heteroatoms. The third-order valence-electron chi connectivity index (χ3n) is 7.20. The maximum atomic E-state index is 13.3. The average Bonchev–Trinajstić information content (AvgIpc) is 2.86. The lowest BCUT2D eigenvalue weighted by Crippen LogP contribution is -2.36. The zero-order chi connectivity index (χ0) is 23.9. The number of nitrogens with one attached hydrogen (secondary N) is 1. The van der Waals surface area contributed by atoms with Crippen molar-refractivity contribution < 1.29 is 4.79 Å². The van der Waals surface area contributed by atoms with E-state index in [4.69, 9.17) is 11.6 Å². The molecule has 1 N–H and O–H groups in total. The summed E-state index contributed by atoms with van der Waals surface area (Å²) in [7, 11) is 4.33. The van der Waals surface area contributed by atoms with E-state index in [1.807, 2.05) is 72.8 Å². The van der Waals surface area contributed by atoms with Crippen LogP contribution >= 0.6 is 11.6 Å². The monoisotopic (exact) mass is 474 g/mol. The van der Waals surface area contributed by atoms with Crippen LogP contribution in [0.2, 0.25) is 5.02 Å². The van der Waals surface area contributed by atoms with E-state index in [1.54, 1.807) is 0 Å². The number of carbonyl (C=O) groups excluding carboxylic acids is 1. The van der Waals surface area contributed by atoms with Crippen molar-refractivity contribution in [3.8, 4) is 0 Å². The number of benzene rings is 3. The molecule has 0 radical (unpaired) electrons. The SMILES string of the molecule is CN(C)C(c1ccc(Cl)cc1)C1CCC(CNC(=O)C(c2ccccc2)c2ccccc2)CC1. The Morgan fingerprint density at radius 1 is 0.824 bits per heavy atom. The Bertz CT molecular complexity index is 989. The van der Waals surface area contributed by atoms with Gasteiger partial charge in [0.2, 0.25) is 5.91 Å². The lowest BCUT2D eigenvalue weighted by atomic mass is 9.76. The molecule has 0 saturated heterocycles. The molecule has 0 bridgehead atoms. The zero-order valence-corrected chi connectivity index (χ0v) is 20.9. The van der Waals surface area contributed by atoms with Crippen molar-refractivity contribution in [2.75, 3.05) is 20.6 Å². The maximum Gasteiger partial charge on any atom is 0.232 e. The van der Waals surface area contributed by atoms with Gasteiger partial charge in [-0.25, -0.2) is 0 Å². The Kier molecular flexibility index (Phi) is 8.42. The van der Waals surface area contributed by atoms with Crippen LogP contribution in [0.4, 0.5) is 0 Å². The first-order valence-corrected chi connectivity index (χ1v) is 12.7. The summed E-state index contributed by atoms with van der Waals surface area (Å²) in [6, 6.07) is 28.9. The molecule has 1 atom stereocenters. The van der Waals surface area contributed by atoms with Crippen molar-refractivity contribution in [3.63, 3.8) is 0 Å². The largest absolute Gasteiger partial charge is 0.355 e. The van der Waals surface area contributed by atoms with Crippen molar-refractivity contribution in [1.29, 1.82) is 0 Å². The smallest absolute Gasteiger partial charge is 0.232 e. The fraction of sp³-hybridized carbons (Fsp3) is 0.367. The summed E-state index contributed by atoms with van der Waals surface area (Å²) in [5, 5.41) is 4.07. The number of rotatable bonds is 8. The topological polar surface area (TPSA) is 32.3 Å².